The topological polar surface area (TPSA) is 81.4 Å². The highest BCUT2D eigenvalue weighted by atomic mass is 35.5. The molecule has 0 atom stereocenters. The Kier molecular flexibility index (Phi) is 4.32. The van der Waals surface area contributed by atoms with Crippen LogP contribution in [0.25, 0.3) is 0 Å². The van der Waals surface area contributed by atoms with E-state index >= 15 is 0 Å². The van der Waals surface area contributed by atoms with Crippen molar-refractivity contribution in [3.05, 3.63) is 29.8 Å². The number of halogens is 1. The maximum atomic E-state index is 11.6. The predicted molar refractivity (Wildman–Crippen MR) is 69.8 cm³/mol. The van der Waals surface area contributed by atoms with Gasteiger partial charge in [0.2, 0.25) is 5.91 Å². The zero-order valence-corrected chi connectivity index (χ0v) is 10.8. The molecule has 6 heteroatoms. The van der Waals surface area contributed by atoms with Crippen LogP contribution in [-0.2, 0) is 9.53 Å². The predicted octanol–water partition coefficient (Wildman–Crippen LogP) is 1.32. The first-order valence-electron chi connectivity index (χ1n) is 5.34. The molecule has 0 bridgehead atoms. The number of hydrogen-bond donors (Lipinski definition) is 2. The zero-order chi connectivity index (χ0) is 12.5. The third-order valence-corrected chi connectivity index (χ3v) is 2.80. The summed E-state index contributed by atoms with van der Waals surface area (Å²) >= 11 is 0. The van der Waals surface area contributed by atoms with E-state index in [1.807, 2.05) is 0 Å². The second-order valence-electron chi connectivity index (χ2n) is 4.18. The average Bonchev–Trinajstić information content (AvgIpc) is 3.09. The molecule has 98 valence electrons. The van der Waals surface area contributed by atoms with Gasteiger partial charge in [-0.15, -0.1) is 12.4 Å². The van der Waals surface area contributed by atoms with Gasteiger partial charge in [-0.05, 0) is 37.1 Å². The molecule has 1 aliphatic rings. The molecule has 1 aliphatic carbocycles. The summed E-state index contributed by atoms with van der Waals surface area (Å²) in [5, 5.41) is 2.71. The molecule has 0 heterocycles. The van der Waals surface area contributed by atoms with Crippen molar-refractivity contribution in [3.8, 4) is 0 Å². The summed E-state index contributed by atoms with van der Waals surface area (Å²) in [6.07, 6.45) is 1.44. The van der Waals surface area contributed by atoms with Crippen molar-refractivity contribution < 1.29 is 14.3 Å². The fraction of sp³-hybridized carbons (Fsp3) is 0.333. The lowest BCUT2D eigenvalue weighted by Gasteiger charge is -2.10. The third-order valence-electron chi connectivity index (χ3n) is 2.80. The second-order valence-corrected chi connectivity index (χ2v) is 4.18. The van der Waals surface area contributed by atoms with E-state index in [1.165, 1.54) is 7.11 Å². The Morgan fingerprint density at radius 1 is 1.28 bits per heavy atom. The highest BCUT2D eigenvalue weighted by molar-refractivity contribution is 6.00. The molecule has 3 N–H and O–H groups in total. The first-order chi connectivity index (χ1) is 8.05. The Bertz CT molecular complexity index is 455. The minimum atomic E-state index is -0.693. The molecule has 0 aliphatic heterocycles. The fourth-order valence-electron chi connectivity index (χ4n) is 1.42. The third kappa shape index (κ3) is 3.00. The molecule has 1 fully saturated rings. The molecule has 1 saturated carbocycles. The summed E-state index contributed by atoms with van der Waals surface area (Å²) in [6.45, 7) is 0. The molecular formula is C12H15ClN2O3. The molecule has 0 unspecified atom stereocenters. The number of methoxy groups -OCH3 is 1. The van der Waals surface area contributed by atoms with Crippen LogP contribution in [0.15, 0.2) is 24.3 Å². The Morgan fingerprint density at radius 3 is 2.28 bits per heavy atom. The van der Waals surface area contributed by atoms with Crippen molar-refractivity contribution in [1.82, 2.24) is 0 Å². The van der Waals surface area contributed by atoms with Crippen molar-refractivity contribution in [2.24, 2.45) is 5.73 Å². The summed E-state index contributed by atoms with van der Waals surface area (Å²) in [6, 6.07) is 6.49. The maximum absolute atomic E-state index is 11.6. The van der Waals surface area contributed by atoms with E-state index in [2.05, 4.69) is 10.1 Å². The minimum absolute atomic E-state index is 0. The highest BCUT2D eigenvalue weighted by Gasteiger charge is 2.45. The van der Waals surface area contributed by atoms with E-state index in [1.54, 1.807) is 24.3 Å². The molecule has 0 aromatic heterocycles. The van der Waals surface area contributed by atoms with Crippen LogP contribution < -0.4 is 11.1 Å². The standard InChI is InChI=1S/C12H14N2O3.ClH/c1-17-10(15)8-2-4-9(5-3-8)14-11(16)12(13)6-7-12;/h2-5H,6-7,13H2,1H3,(H,14,16);1H. The van der Waals surface area contributed by atoms with Crippen LogP contribution in [0.4, 0.5) is 5.69 Å². The minimum Gasteiger partial charge on any atom is -0.465 e. The van der Waals surface area contributed by atoms with Gasteiger partial charge in [-0.2, -0.15) is 0 Å². The van der Waals surface area contributed by atoms with Crippen molar-refractivity contribution in [2.75, 3.05) is 12.4 Å². The largest absolute Gasteiger partial charge is 0.465 e. The lowest BCUT2D eigenvalue weighted by molar-refractivity contribution is -0.118. The maximum Gasteiger partial charge on any atom is 0.337 e. The zero-order valence-electron chi connectivity index (χ0n) is 9.93. The lowest BCUT2D eigenvalue weighted by atomic mass is 10.2. The number of nitrogens with two attached hydrogens (primary N) is 1. The molecule has 1 amide bonds. The van der Waals surface area contributed by atoms with Crippen LogP contribution in [0, 0.1) is 0 Å². The first-order valence-corrected chi connectivity index (χ1v) is 5.34. The fourth-order valence-corrected chi connectivity index (χ4v) is 1.42. The average molecular weight is 271 g/mol. The number of hydrogen-bond acceptors (Lipinski definition) is 4. The number of nitrogens with one attached hydrogen (secondary N) is 1. The Labute approximate surface area is 111 Å². The number of benzene rings is 1. The number of rotatable bonds is 3. The monoisotopic (exact) mass is 270 g/mol. The molecule has 5 nitrogen and oxygen atoms in total. The normalized spacial score (nSPS) is 15.2. The number of amides is 1. The van der Waals surface area contributed by atoms with Crippen LogP contribution in [0.1, 0.15) is 23.2 Å². The quantitative estimate of drug-likeness (QED) is 0.812. The smallest absolute Gasteiger partial charge is 0.337 e. The molecule has 2 rings (SSSR count). The van der Waals surface area contributed by atoms with Crippen LogP contribution in [0.2, 0.25) is 0 Å². The summed E-state index contributed by atoms with van der Waals surface area (Å²) in [5.41, 5.74) is 6.13. The molecule has 18 heavy (non-hydrogen) atoms. The first kappa shape index (κ1) is 14.5. The van der Waals surface area contributed by atoms with E-state index in [0.29, 0.717) is 11.3 Å². The van der Waals surface area contributed by atoms with E-state index in [9.17, 15) is 9.59 Å². The van der Waals surface area contributed by atoms with Crippen molar-refractivity contribution in [1.29, 1.82) is 0 Å². The number of carbonyl (C=O) groups is 2. The summed E-state index contributed by atoms with van der Waals surface area (Å²) < 4.78 is 4.58. The van der Waals surface area contributed by atoms with Gasteiger partial charge in [-0.25, -0.2) is 4.79 Å². The van der Waals surface area contributed by atoms with Crippen molar-refractivity contribution >= 4 is 30.0 Å². The Hall–Kier alpha value is -1.59. The van der Waals surface area contributed by atoms with Crippen LogP contribution in [0.3, 0.4) is 0 Å². The molecule has 1 aromatic rings. The van der Waals surface area contributed by atoms with E-state index in [4.69, 9.17) is 5.73 Å². The second kappa shape index (κ2) is 5.37. The summed E-state index contributed by atoms with van der Waals surface area (Å²) in [4.78, 5) is 22.8. The number of esters is 1. The van der Waals surface area contributed by atoms with Crippen LogP contribution >= 0.6 is 12.4 Å². The SMILES string of the molecule is COC(=O)c1ccc(NC(=O)C2(N)CC2)cc1.Cl. The van der Waals surface area contributed by atoms with Gasteiger partial charge >= 0.3 is 5.97 Å². The van der Waals surface area contributed by atoms with Gasteiger partial charge in [0.15, 0.2) is 0 Å². The van der Waals surface area contributed by atoms with Gasteiger partial charge in [0.1, 0.15) is 0 Å². The van der Waals surface area contributed by atoms with Gasteiger partial charge in [0.25, 0.3) is 0 Å². The number of carbonyl (C=O) groups excluding carboxylic acids is 2. The Balaban J connectivity index is 0.00000162. The van der Waals surface area contributed by atoms with E-state index in [0.717, 1.165) is 12.8 Å². The van der Waals surface area contributed by atoms with Gasteiger partial charge < -0.3 is 15.8 Å². The highest BCUT2D eigenvalue weighted by Crippen LogP contribution is 2.33. The number of anilines is 1. The van der Waals surface area contributed by atoms with E-state index in [-0.39, 0.29) is 18.3 Å². The van der Waals surface area contributed by atoms with E-state index < -0.39 is 11.5 Å². The molecule has 0 spiro atoms. The van der Waals surface area contributed by atoms with Crippen LogP contribution in [-0.4, -0.2) is 24.5 Å². The van der Waals surface area contributed by atoms with Crippen LogP contribution in [0.5, 0.6) is 0 Å². The molecular weight excluding hydrogens is 256 g/mol. The molecule has 0 radical (unpaired) electrons. The van der Waals surface area contributed by atoms with Gasteiger partial charge in [-0.3, -0.25) is 4.79 Å². The summed E-state index contributed by atoms with van der Waals surface area (Å²) in [5.74, 6) is -0.580. The van der Waals surface area contributed by atoms with Gasteiger partial charge in [-0.1, -0.05) is 0 Å². The lowest BCUT2D eigenvalue weighted by Crippen LogP contribution is -2.37. The summed E-state index contributed by atoms with van der Waals surface area (Å²) in [7, 11) is 1.32. The molecule has 0 saturated heterocycles. The molecule has 1 aromatic carbocycles. The van der Waals surface area contributed by atoms with Gasteiger partial charge in [0, 0.05) is 5.69 Å². The van der Waals surface area contributed by atoms with Gasteiger partial charge in [0.05, 0.1) is 18.2 Å². The number of ether oxygens (including phenoxy) is 1. The Morgan fingerprint density at radius 2 is 1.83 bits per heavy atom. The van der Waals surface area contributed by atoms with Crippen molar-refractivity contribution in [3.63, 3.8) is 0 Å². The van der Waals surface area contributed by atoms with Crippen molar-refractivity contribution in [2.45, 2.75) is 18.4 Å².